The number of aryl methyl sites for hydroxylation is 1. The van der Waals surface area contributed by atoms with Gasteiger partial charge in [-0.1, -0.05) is 6.07 Å². The number of hydrogen-bond donors (Lipinski definition) is 0. The molecule has 1 aromatic rings. The van der Waals surface area contributed by atoms with E-state index in [0.717, 1.165) is 17.6 Å². The van der Waals surface area contributed by atoms with Crippen molar-refractivity contribution >= 4 is 6.29 Å². The van der Waals surface area contributed by atoms with Gasteiger partial charge >= 0.3 is 0 Å². The Morgan fingerprint density at radius 2 is 2.17 bits per heavy atom. The first-order valence-electron chi connectivity index (χ1n) is 3.96. The van der Waals surface area contributed by atoms with Crippen LogP contribution in [-0.2, 0) is 4.79 Å². The summed E-state index contributed by atoms with van der Waals surface area (Å²) in [6.45, 7) is 4.06. The van der Waals surface area contributed by atoms with E-state index in [9.17, 15) is 4.79 Å². The van der Waals surface area contributed by atoms with E-state index in [4.69, 9.17) is 4.74 Å². The smallest absolute Gasteiger partial charge is 0.182 e. The molecule has 2 heteroatoms. The number of hydrogen-bond acceptors (Lipinski definition) is 2. The molecule has 0 saturated heterocycles. The van der Waals surface area contributed by atoms with E-state index >= 15 is 0 Å². The van der Waals surface area contributed by atoms with Crippen LogP contribution in [0, 0.1) is 13.8 Å². The fourth-order valence-electron chi connectivity index (χ4n) is 1.50. The van der Waals surface area contributed by atoms with Crippen molar-refractivity contribution < 1.29 is 9.53 Å². The van der Waals surface area contributed by atoms with Crippen molar-refractivity contribution in [2.45, 2.75) is 20.0 Å². The van der Waals surface area contributed by atoms with Crippen LogP contribution in [-0.4, -0.2) is 6.29 Å². The molecule has 0 aromatic heterocycles. The maximum atomic E-state index is 10.5. The summed E-state index contributed by atoms with van der Waals surface area (Å²) in [7, 11) is 0. The second-order valence-corrected chi connectivity index (χ2v) is 3.09. The first-order valence-corrected chi connectivity index (χ1v) is 3.96. The summed E-state index contributed by atoms with van der Waals surface area (Å²) in [6, 6.07) is 3.92. The van der Waals surface area contributed by atoms with Crippen LogP contribution in [0.25, 0.3) is 0 Å². The first-order chi connectivity index (χ1) is 5.74. The molecule has 2 nitrogen and oxygen atoms in total. The highest BCUT2D eigenvalue weighted by atomic mass is 16.5. The van der Waals surface area contributed by atoms with Gasteiger partial charge < -0.3 is 4.74 Å². The minimum absolute atomic E-state index is 0.320. The van der Waals surface area contributed by atoms with Crippen molar-refractivity contribution in [2.75, 3.05) is 0 Å². The normalized spacial score (nSPS) is 19.0. The Kier molecular flexibility index (Phi) is 1.43. The van der Waals surface area contributed by atoms with Gasteiger partial charge in [-0.25, -0.2) is 0 Å². The van der Waals surface area contributed by atoms with Crippen LogP contribution in [0.15, 0.2) is 12.1 Å². The first kappa shape index (κ1) is 7.35. The van der Waals surface area contributed by atoms with Gasteiger partial charge in [-0.2, -0.15) is 0 Å². The van der Waals surface area contributed by atoms with Crippen LogP contribution in [0.2, 0.25) is 0 Å². The predicted molar refractivity (Wildman–Crippen MR) is 45.3 cm³/mol. The molecule has 1 aliphatic rings. The van der Waals surface area contributed by atoms with E-state index in [-0.39, 0.29) is 6.10 Å². The SMILES string of the molecule is Cc1ccc2c(c1C)C(C=O)O2. The number of benzene rings is 1. The number of carbonyl (C=O) groups is 1. The Hall–Kier alpha value is -1.31. The molecular formula is C10H10O2. The molecule has 0 fully saturated rings. The van der Waals surface area contributed by atoms with E-state index in [1.54, 1.807) is 0 Å². The highest BCUT2D eigenvalue weighted by molar-refractivity contribution is 5.69. The summed E-state index contributed by atoms with van der Waals surface area (Å²) in [5, 5.41) is 0. The second-order valence-electron chi connectivity index (χ2n) is 3.09. The standard InChI is InChI=1S/C10H10O2/c1-6-3-4-8-10(7(6)2)9(5-11)12-8/h3-5,9H,1-2H3. The molecule has 1 unspecified atom stereocenters. The van der Waals surface area contributed by atoms with Crippen molar-refractivity contribution in [3.63, 3.8) is 0 Å². The minimum atomic E-state index is -0.320. The van der Waals surface area contributed by atoms with Gasteiger partial charge in [-0.3, -0.25) is 4.79 Å². The van der Waals surface area contributed by atoms with Crippen LogP contribution in [0.1, 0.15) is 22.8 Å². The van der Waals surface area contributed by atoms with Crippen LogP contribution >= 0.6 is 0 Å². The molecule has 1 heterocycles. The lowest BCUT2D eigenvalue weighted by molar-refractivity contribution is -0.115. The van der Waals surface area contributed by atoms with Gasteiger partial charge in [0.25, 0.3) is 0 Å². The summed E-state index contributed by atoms with van der Waals surface area (Å²) >= 11 is 0. The van der Waals surface area contributed by atoms with Crippen molar-refractivity contribution in [2.24, 2.45) is 0 Å². The molecule has 2 rings (SSSR count). The van der Waals surface area contributed by atoms with Gasteiger partial charge in [0.1, 0.15) is 5.75 Å². The summed E-state index contributed by atoms with van der Waals surface area (Å²) in [4.78, 5) is 10.5. The average molecular weight is 162 g/mol. The third kappa shape index (κ3) is 0.779. The fourth-order valence-corrected chi connectivity index (χ4v) is 1.50. The number of aldehydes is 1. The zero-order valence-electron chi connectivity index (χ0n) is 7.13. The molecule has 0 N–H and O–H groups in total. The summed E-state index contributed by atoms with van der Waals surface area (Å²) in [5.74, 6) is 0.857. The molecule has 0 radical (unpaired) electrons. The molecule has 1 atom stereocenters. The molecule has 0 saturated carbocycles. The third-order valence-electron chi connectivity index (χ3n) is 2.41. The summed E-state index contributed by atoms with van der Waals surface area (Å²) in [6.07, 6.45) is 0.522. The second kappa shape index (κ2) is 2.34. The zero-order valence-corrected chi connectivity index (χ0v) is 7.13. The monoisotopic (exact) mass is 162 g/mol. The lowest BCUT2D eigenvalue weighted by Gasteiger charge is -2.29. The Labute approximate surface area is 71.2 Å². The van der Waals surface area contributed by atoms with E-state index in [2.05, 4.69) is 0 Å². The maximum Gasteiger partial charge on any atom is 0.182 e. The Balaban J connectivity index is 2.56. The minimum Gasteiger partial charge on any atom is -0.478 e. The highest BCUT2D eigenvalue weighted by Crippen LogP contribution is 2.40. The van der Waals surface area contributed by atoms with Gasteiger partial charge in [0.15, 0.2) is 12.4 Å². The third-order valence-corrected chi connectivity index (χ3v) is 2.41. The molecular weight excluding hydrogens is 152 g/mol. The molecule has 1 aliphatic heterocycles. The molecule has 0 amide bonds. The molecule has 0 spiro atoms. The molecule has 0 bridgehead atoms. The van der Waals surface area contributed by atoms with E-state index < -0.39 is 0 Å². The van der Waals surface area contributed by atoms with Gasteiger partial charge in [0.05, 0.1) is 0 Å². The van der Waals surface area contributed by atoms with E-state index in [1.165, 1.54) is 11.1 Å². The van der Waals surface area contributed by atoms with E-state index in [0.29, 0.717) is 0 Å². The highest BCUT2D eigenvalue weighted by Gasteiger charge is 2.29. The maximum absolute atomic E-state index is 10.5. The lowest BCUT2D eigenvalue weighted by atomic mass is 9.95. The summed E-state index contributed by atoms with van der Waals surface area (Å²) < 4.78 is 5.20. The lowest BCUT2D eigenvalue weighted by Crippen LogP contribution is -2.22. The number of fused-ring (bicyclic) bond motifs is 1. The molecule has 1 aromatic carbocycles. The van der Waals surface area contributed by atoms with Crippen LogP contribution < -0.4 is 4.74 Å². The number of rotatable bonds is 1. The van der Waals surface area contributed by atoms with Gasteiger partial charge in [0.2, 0.25) is 0 Å². The average Bonchev–Trinajstić information content (AvgIpc) is 2.00. The number of ether oxygens (including phenoxy) is 1. The molecule has 62 valence electrons. The molecule has 0 aliphatic carbocycles. The Morgan fingerprint density at radius 1 is 1.42 bits per heavy atom. The van der Waals surface area contributed by atoms with Gasteiger partial charge in [-0.05, 0) is 31.0 Å². The Bertz CT molecular complexity index is 342. The van der Waals surface area contributed by atoms with Crippen molar-refractivity contribution in [1.29, 1.82) is 0 Å². The fraction of sp³-hybridized carbons (Fsp3) is 0.300. The predicted octanol–water partition coefficient (Wildman–Crippen LogP) is 1.94. The van der Waals surface area contributed by atoms with Crippen molar-refractivity contribution in [3.8, 4) is 5.75 Å². The van der Waals surface area contributed by atoms with Crippen LogP contribution in [0.4, 0.5) is 0 Å². The van der Waals surface area contributed by atoms with Gasteiger partial charge in [-0.15, -0.1) is 0 Å². The van der Waals surface area contributed by atoms with Crippen LogP contribution in [0.3, 0.4) is 0 Å². The zero-order chi connectivity index (χ0) is 8.72. The largest absolute Gasteiger partial charge is 0.478 e. The number of carbonyl (C=O) groups excluding carboxylic acids is 1. The summed E-state index contributed by atoms with van der Waals surface area (Å²) in [5.41, 5.74) is 3.45. The molecule has 12 heavy (non-hydrogen) atoms. The van der Waals surface area contributed by atoms with Gasteiger partial charge in [0, 0.05) is 5.56 Å². The van der Waals surface area contributed by atoms with Crippen molar-refractivity contribution in [1.82, 2.24) is 0 Å². The van der Waals surface area contributed by atoms with E-state index in [1.807, 2.05) is 26.0 Å². The quantitative estimate of drug-likeness (QED) is 0.590. The van der Waals surface area contributed by atoms with Crippen molar-refractivity contribution in [3.05, 3.63) is 28.8 Å². The van der Waals surface area contributed by atoms with Crippen LogP contribution in [0.5, 0.6) is 5.75 Å². The topological polar surface area (TPSA) is 26.3 Å². The Morgan fingerprint density at radius 3 is 2.83 bits per heavy atom.